The lowest BCUT2D eigenvalue weighted by molar-refractivity contribution is 0.0169. The van der Waals surface area contributed by atoms with Crippen molar-refractivity contribution in [2.45, 2.75) is 59.1 Å². The highest BCUT2D eigenvalue weighted by molar-refractivity contribution is 5.99. The number of H-pyrrole nitrogens is 1. The predicted molar refractivity (Wildman–Crippen MR) is 152 cm³/mol. The quantitative estimate of drug-likeness (QED) is 0.342. The molecule has 1 unspecified atom stereocenters. The van der Waals surface area contributed by atoms with Gasteiger partial charge in [0.2, 0.25) is 0 Å². The van der Waals surface area contributed by atoms with Crippen LogP contribution >= 0.6 is 0 Å². The van der Waals surface area contributed by atoms with Crippen molar-refractivity contribution in [3.8, 4) is 22.8 Å². The topological polar surface area (TPSA) is 128 Å². The van der Waals surface area contributed by atoms with Crippen LogP contribution in [0, 0.1) is 0 Å². The number of carbonyl (C=O) groups is 1. The first kappa shape index (κ1) is 27.7. The van der Waals surface area contributed by atoms with E-state index in [2.05, 4.69) is 10.2 Å². The zero-order chi connectivity index (χ0) is 28.2. The van der Waals surface area contributed by atoms with Crippen LogP contribution in [0.5, 0.6) is 11.5 Å². The van der Waals surface area contributed by atoms with E-state index >= 15 is 0 Å². The number of fused-ring (bicyclic) bond motifs is 1. The predicted octanol–water partition coefficient (Wildman–Crippen LogP) is 5.76. The number of hydrogen-bond donors (Lipinski definition) is 2. The van der Waals surface area contributed by atoms with E-state index in [9.17, 15) is 9.59 Å². The van der Waals surface area contributed by atoms with Crippen molar-refractivity contribution in [3.63, 3.8) is 0 Å². The van der Waals surface area contributed by atoms with Gasteiger partial charge >= 0.3 is 6.09 Å². The van der Waals surface area contributed by atoms with E-state index in [0.29, 0.717) is 35.4 Å². The average Bonchev–Trinajstić information content (AvgIpc) is 3.34. The molecule has 1 fully saturated rings. The maximum atomic E-state index is 12.9. The summed E-state index contributed by atoms with van der Waals surface area (Å²) in [4.78, 5) is 27.3. The van der Waals surface area contributed by atoms with Crippen LogP contribution in [0.4, 0.5) is 10.6 Å². The molecule has 1 amide bonds. The lowest BCUT2D eigenvalue weighted by Crippen LogP contribution is -2.43. The van der Waals surface area contributed by atoms with Gasteiger partial charge in [-0.3, -0.25) is 9.48 Å². The van der Waals surface area contributed by atoms with E-state index in [1.54, 1.807) is 9.58 Å². The molecule has 1 aliphatic heterocycles. The second kappa shape index (κ2) is 11.6. The van der Waals surface area contributed by atoms with Gasteiger partial charge in [0.15, 0.2) is 5.82 Å². The number of likely N-dealkylation sites (tertiary alicyclic amines) is 1. The normalized spacial score (nSPS) is 15.4. The van der Waals surface area contributed by atoms with Crippen molar-refractivity contribution < 1.29 is 14.3 Å². The molecule has 4 aromatic rings. The molecule has 1 atom stereocenters. The number of amides is 1. The lowest BCUT2D eigenvalue weighted by Gasteiger charge is -2.34. The van der Waals surface area contributed by atoms with Crippen molar-refractivity contribution in [2.24, 2.45) is 0 Å². The third-order valence-corrected chi connectivity index (χ3v) is 6.16. The SMILES string of the molecule is CC.CC(C)(C)OC(=O)N1CCCC(n2nc(-c3ccc(Oc4ccccc4)cc3)c3c(N)n[nH]c(=O)c32)C1. The fraction of sp³-hybridized carbons (Fsp3) is 0.379. The smallest absolute Gasteiger partial charge is 0.410 e. The number of nitrogens with two attached hydrogens (primary N) is 1. The number of nitrogens with one attached hydrogen (secondary N) is 1. The number of rotatable bonds is 4. The molecule has 0 aliphatic carbocycles. The summed E-state index contributed by atoms with van der Waals surface area (Å²) in [6.45, 7) is 10.5. The van der Waals surface area contributed by atoms with Gasteiger partial charge in [0.25, 0.3) is 5.56 Å². The third-order valence-electron chi connectivity index (χ3n) is 6.16. The van der Waals surface area contributed by atoms with E-state index in [1.807, 2.05) is 89.2 Å². The summed E-state index contributed by atoms with van der Waals surface area (Å²) in [5, 5.41) is 11.8. The molecule has 39 heavy (non-hydrogen) atoms. The highest BCUT2D eigenvalue weighted by Gasteiger charge is 2.31. The van der Waals surface area contributed by atoms with Crippen LogP contribution in [-0.2, 0) is 4.74 Å². The maximum absolute atomic E-state index is 12.9. The molecule has 0 radical (unpaired) electrons. The molecule has 10 heteroatoms. The Bertz CT molecular complexity index is 1470. The first-order valence-electron chi connectivity index (χ1n) is 13.3. The number of ether oxygens (including phenoxy) is 2. The van der Waals surface area contributed by atoms with Crippen molar-refractivity contribution in [2.75, 3.05) is 18.8 Å². The van der Waals surface area contributed by atoms with Crippen LogP contribution in [0.3, 0.4) is 0 Å². The minimum atomic E-state index is -0.594. The first-order valence-corrected chi connectivity index (χ1v) is 13.3. The van der Waals surface area contributed by atoms with Crippen LogP contribution < -0.4 is 16.0 Å². The average molecular weight is 533 g/mol. The number of nitrogens with zero attached hydrogens (tertiary/aromatic N) is 4. The minimum absolute atomic E-state index is 0.181. The number of piperidine rings is 1. The molecule has 0 spiro atoms. The number of benzene rings is 2. The van der Waals surface area contributed by atoms with E-state index in [0.717, 1.165) is 24.2 Å². The molecule has 206 valence electrons. The fourth-order valence-corrected chi connectivity index (χ4v) is 4.53. The molecule has 1 saturated heterocycles. The number of nitrogen functional groups attached to an aromatic ring is 1. The Morgan fingerprint density at radius 3 is 2.38 bits per heavy atom. The molecule has 2 aromatic carbocycles. The van der Waals surface area contributed by atoms with Gasteiger partial charge in [-0.05, 0) is 70.0 Å². The van der Waals surface area contributed by atoms with Crippen molar-refractivity contribution in [3.05, 3.63) is 65.0 Å². The molecule has 10 nitrogen and oxygen atoms in total. The Hall–Kier alpha value is -4.34. The highest BCUT2D eigenvalue weighted by Crippen LogP contribution is 2.34. The van der Waals surface area contributed by atoms with Crippen LogP contribution in [0.25, 0.3) is 22.2 Å². The third kappa shape index (κ3) is 6.22. The van der Waals surface area contributed by atoms with Gasteiger partial charge in [-0.15, -0.1) is 0 Å². The van der Waals surface area contributed by atoms with E-state index in [1.165, 1.54) is 0 Å². The molecule has 0 bridgehead atoms. The number of anilines is 1. The number of hydrogen-bond acceptors (Lipinski definition) is 7. The molecular weight excluding hydrogens is 496 g/mol. The Labute approximate surface area is 227 Å². The summed E-state index contributed by atoms with van der Waals surface area (Å²) >= 11 is 0. The lowest BCUT2D eigenvalue weighted by atomic mass is 10.1. The van der Waals surface area contributed by atoms with Gasteiger partial charge in [-0.2, -0.15) is 10.2 Å². The summed E-state index contributed by atoms with van der Waals surface area (Å²) in [5.41, 5.74) is 6.91. The summed E-state index contributed by atoms with van der Waals surface area (Å²) < 4.78 is 13.2. The Balaban J connectivity index is 0.00000172. The van der Waals surface area contributed by atoms with Gasteiger partial charge in [-0.25, -0.2) is 9.89 Å². The monoisotopic (exact) mass is 532 g/mol. The second-order valence-electron chi connectivity index (χ2n) is 10.1. The molecular formula is C29H36N6O4. The van der Waals surface area contributed by atoms with Crippen molar-refractivity contribution in [1.29, 1.82) is 0 Å². The fourth-order valence-electron chi connectivity index (χ4n) is 4.53. The second-order valence-corrected chi connectivity index (χ2v) is 10.1. The summed E-state index contributed by atoms with van der Waals surface area (Å²) in [7, 11) is 0. The van der Waals surface area contributed by atoms with E-state index in [-0.39, 0.29) is 23.5 Å². The first-order chi connectivity index (χ1) is 18.7. The zero-order valence-corrected chi connectivity index (χ0v) is 23.1. The molecule has 0 saturated carbocycles. The van der Waals surface area contributed by atoms with E-state index < -0.39 is 5.60 Å². The molecule has 3 N–H and O–H groups in total. The van der Waals surface area contributed by atoms with Crippen LogP contribution in [0.15, 0.2) is 59.4 Å². The van der Waals surface area contributed by atoms with Gasteiger partial charge in [0.1, 0.15) is 28.3 Å². The summed E-state index contributed by atoms with van der Waals surface area (Å²) in [6.07, 6.45) is 1.13. The summed E-state index contributed by atoms with van der Waals surface area (Å²) in [5.74, 6) is 1.58. The van der Waals surface area contributed by atoms with Crippen molar-refractivity contribution >= 4 is 22.8 Å². The largest absolute Gasteiger partial charge is 0.457 e. The summed E-state index contributed by atoms with van der Waals surface area (Å²) in [6, 6.07) is 16.7. The maximum Gasteiger partial charge on any atom is 0.410 e. The van der Waals surface area contributed by atoms with Crippen molar-refractivity contribution in [1.82, 2.24) is 24.9 Å². The minimum Gasteiger partial charge on any atom is -0.457 e. The Morgan fingerprint density at radius 1 is 1.05 bits per heavy atom. The van der Waals surface area contributed by atoms with Gasteiger partial charge in [-0.1, -0.05) is 32.0 Å². The zero-order valence-electron chi connectivity index (χ0n) is 23.1. The molecule has 5 rings (SSSR count). The number of carbonyl (C=O) groups excluding carboxylic acids is 1. The standard InChI is InChI=1S/C27H30N6O4.C2H6/c1-27(2,3)37-26(35)32-15-7-8-18(16-32)33-23-21(24(28)29-30-25(23)34)22(31-33)17-11-13-20(14-12-17)36-19-9-5-4-6-10-19;1-2/h4-6,9-14,18H,7-8,15-16H2,1-3H3,(H2,28,29)(H,30,34);1-2H3. The number of para-hydroxylation sites is 1. The molecule has 2 aromatic heterocycles. The van der Waals surface area contributed by atoms with Gasteiger partial charge in [0.05, 0.1) is 11.4 Å². The highest BCUT2D eigenvalue weighted by atomic mass is 16.6. The number of aromatic amines is 1. The van der Waals surface area contributed by atoms with Gasteiger partial charge in [0, 0.05) is 18.7 Å². The van der Waals surface area contributed by atoms with E-state index in [4.69, 9.17) is 20.3 Å². The Kier molecular flexibility index (Phi) is 8.23. The molecule has 1 aliphatic rings. The Morgan fingerprint density at radius 2 is 1.72 bits per heavy atom. The van der Waals surface area contributed by atoms with Crippen LogP contribution in [0.1, 0.15) is 53.5 Å². The van der Waals surface area contributed by atoms with Crippen LogP contribution in [-0.4, -0.2) is 49.7 Å². The molecule has 3 heterocycles. The van der Waals surface area contributed by atoms with Crippen LogP contribution in [0.2, 0.25) is 0 Å². The van der Waals surface area contributed by atoms with Gasteiger partial charge < -0.3 is 20.1 Å². The number of aromatic nitrogens is 4.